The normalized spacial score (nSPS) is 12.4. The van der Waals surface area contributed by atoms with Gasteiger partial charge in [0.15, 0.2) is 0 Å². The molecule has 1 unspecified atom stereocenters. The number of rotatable bonds is 42. The standard InChI is InChI=1S/C47H93NO2/c1-6-9-12-15-18-21-25-30-35-44(36-31-26-22-19-16-13-10-7-2)42-46(49)39-33-28-23-27-32-38-45(37-29-24-20-17-14-11-8-3)43-47(50)40-34-41-48(4)5/h44-45H,6-43H2,1-5H3. The summed E-state index contributed by atoms with van der Waals surface area (Å²) in [5.74, 6) is 2.23. The molecule has 0 heterocycles. The molecule has 0 rings (SSSR count). The van der Waals surface area contributed by atoms with E-state index in [1.165, 1.54) is 199 Å². The fraction of sp³-hybridized carbons (Fsp3) is 0.957. The van der Waals surface area contributed by atoms with Crippen LogP contribution in [0.5, 0.6) is 0 Å². The van der Waals surface area contributed by atoms with Crippen LogP contribution in [0, 0.1) is 11.8 Å². The molecule has 3 nitrogen and oxygen atoms in total. The van der Waals surface area contributed by atoms with Gasteiger partial charge >= 0.3 is 0 Å². The summed E-state index contributed by atoms with van der Waals surface area (Å²) < 4.78 is 0. The molecule has 0 bridgehead atoms. The third kappa shape index (κ3) is 37.1. The molecule has 0 spiro atoms. The van der Waals surface area contributed by atoms with E-state index in [0.29, 0.717) is 23.4 Å². The van der Waals surface area contributed by atoms with Crippen molar-refractivity contribution in [3.63, 3.8) is 0 Å². The predicted molar refractivity (Wildman–Crippen MR) is 223 cm³/mol. The Balaban J connectivity index is 4.42. The van der Waals surface area contributed by atoms with Crippen LogP contribution in [-0.4, -0.2) is 37.1 Å². The van der Waals surface area contributed by atoms with Crippen molar-refractivity contribution >= 4 is 11.6 Å². The molecule has 0 radical (unpaired) electrons. The van der Waals surface area contributed by atoms with E-state index in [1.54, 1.807) is 0 Å². The topological polar surface area (TPSA) is 37.4 Å². The summed E-state index contributed by atoms with van der Waals surface area (Å²) in [7, 11) is 4.19. The van der Waals surface area contributed by atoms with Crippen molar-refractivity contribution in [1.29, 1.82) is 0 Å². The quantitative estimate of drug-likeness (QED) is 0.0594. The van der Waals surface area contributed by atoms with E-state index in [-0.39, 0.29) is 0 Å². The molecule has 0 amide bonds. The fourth-order valence-corrected chi connectivity index (χ4v) is 7.95. The van der Waals surface area contributed by atoms with E-state index in [4.69, 9.17) is 0 Å². The molecule has 1 atom stereocenters. The number of hydrogen-bond acceptors (Lipinski definition) is 3. The highest BCUT2D eigenvalue weighted by atomic mass is 16.1. The van der Waals surface area contributed by atoms with Crippen LogP contribution in [0.4, 0.5) is 0 Å². The summed E-state index contributed by atoms with van der Waals surface area (Å²) in [6.45, 7) is 7.89. The average molecular weight is 704 g/mol. The summed E-state index contributed by atoms with van der Waals surface area (Å²) in [6, 6.07) is 0. The van der Waals surface area contributed by atoms with E-state index in [1.807, 2.05) is 0 Å². The molecule has 0 aliphatic rings. The van der Waals surface area contributed by atoms with E-state index in [9.17, 15) is 9.59 Å². The van der Waals surface area contributed by atoms with Gasteiger partial charge in [-0.05, 0) is 45.3 Å². The molecular formula is C47H93NO2. The monoisotopic (exact) mass is 704 g/mol. The van der Waals surface area contributed by atoms with Gasteiger partial charge in [0.25, 0.3) is 0 Å². The Morgan fingerprint density at radius 3 is 0.920 bits per heavy atom. The lowest BCUT2D eigenvalue weighted by atomic mass is 9.88. The first-order valence-electron chi connectivity index (χ1n) is 23.1. The number of nitrogens with zero attached hydrogens (tertiary/aromatic N) is 1. The molecule has 50 heavy (non-hydrogen) atoms. The highest BCUT2D eigenvalue weighted by molar-refractivity contribution is 5.78. The van der Waals surface area contributed by atoms with Gasteiger partial charge in [0.05, 0.1) is 0 Å². The molecule has 3 heteroatoms. The summed E-state index contributed by atoms with van der Waals surface area (Å²) in [5.41, 5.74) is 0. The smallest absolute Gasteiger partial charge is 0.133 e. The molecule has 0 aliphatic carbocycles. The van der Waals surface area contributed by atoms with Gasteiger partial charge in [-0.2, -0.15) is 0 Å². The second-order valence-corrected chi connectivity index (χ2v) is 16.9. The van der Waals surface area contributed by atoms with Crippen LogP contribution in [0.1, 0.15) is 258 Å². The van der Waals surface area contributed by atoms with E-state index in [2.05, 4.69) is 39.8 Å². The fourth-order valence-electron chi connectivity index (χ4n) is 7.95. The van der Waals surface area contributed by atoms with Crippen LogP contribution in [0.15, 0.2) is 0 Å². The molecule has 0 fully saturated rings. The van der Waals surface area contributed by atoms with E-state index < -0.39 is 0 Å². The molecule has 0 aromatic rings. The third-order valence-corrected chi connectivity index (χ3v) is 11.3. The Hall–Kier alpha value is -0.700. The number of unbranched alkanes of at least 4 members (excludes halogenated alkanes) is 24. The highest BCUT2D eigenvalue weighted by Gasteiger charge is 2.15. The van der Waals surface area contributed by atoms with Gasteiger partial charge < -0.3 is 4.90 Å². The molecule has 0 aromatic heterocycles. The second kappa shape index (κ2) is 39.5. The maximum atomic E-state index is 13.1. The molecular weight excluding hydrogens is 611 g/mol. The molecule has 298 valence electrons. The van der Waals surface area contributed by atoms with Crippen LogP contribution in [-0.2, 0) is 9.59 Å². The van der Waals surface area contributed by atoms with Crippen LogP contribution >= 0.6 is 0 Å². The van der Waals surface area contributed by atoms with E-state index >= 15 is 0 Å². The lowest BCUT2D eigenvalue weighted by molar-refractivity contribution is -0.121. The zero-order valence-electron chi connectivity index (χ0n) is 35.3. The van der Waals surface area contributed by atoms with E-state index in [0.717, 1.165) is 45.1 Å². The van der Waals surface area contributed by atoms with Crippen LogP contribution < -0.4 is 0 Å². The third-order valence-electron chi connectivity index (χ3n) is 11.3. The van der Waals surface area contributed by atoms with Crippen molar-refractivity contribution in [2.45, 2.75) is 258 Å². The zero-order chi connectivity index (χ0) is 36.8. The number of carbonyl (C=O) groups excluding carboxylic acids is 2. The van der Waals surface area contributed by atoms with Crippen LogP contribution in [0.2, 0.25) is 0 Å². The number of carbonyl (C=O) groups is 2. The van der Waals surface area contributed by atoms with Gasteiger partial charge in [-0.15, -0.1) is 0 Å². The van der Waals surface area contributed by atoms with Crippen LogP contribution in [0.25, 0.3) is 0 Å². The highest BCUT2D eigenvalue weighted by Crippen LogP contribution is 2.25. The average Bonchev–Trinajstić information content (AvgIpc) is 3.09. The first-order chi connectivity index (χ1) is 24.4. The summed E-state index contributed by atoms with van der Waals surface area (Å²) in [5, 5.41) is 0. The van der Waals surface area contributed by atoms with Gasteiger partial charge in [-0.25, -0.2) is 0 Å². The molecule has 0 aliphatic heterocycles. The molecule has 0 saturated carbocycles. The van der Waals surface area contributed by atoms with Gasteiger partial charge in [0.1, 0.15) is 11.6 Å². The van der Waals surface area contributed by atoms with Crippen molar-refractivity contribution in [2.24, 2.45) is 11.8 Å². The first-order valence-corrected chi connectivity index (χ1v) is 23.1. The van der Waals surface area contributed by atoms with Gasteiger partial charge in [0, 0.05) is 25.7 Å². The Labute approximate surface area is 316 Å². The summed E-state index contributed by atoms with van der Waals surface area (Å²) >= 11 is 0. The maximum Gasteiger partial charge on any atom is 0.133 e. The lowest BCUT2D eigenvalue weighted by Crippen LogP contribution is -2.15. The summed E-state index contributed by atoms with van der Waals surface area (Å²) in [4.78, 5) is 28.0. The second-order valence-electron chi connectivity index (χ2n) is 16.9. The minimum Gasteiger partial charge on any atom is -0.309 e. The largest absolute Gasteiger partial charge is 0.309 e. The predicted octanol–water partition coefficient (Wildman–Crippen LogP) is 15.4. The van der Waals surface area contributed by atoms with Gasteiger partial charge in [0.2, 0.25) is 0 Å². The lowest BCUT2D eigenvalue weighted by Gasteiger charge is -2.17. The number of hydrogen-bond donors (Lipinski definition) is 0. The van der Waals surface area contributed by atoms with Crippen molar-refractivity contribution in [3.8, 4) is 0 Å². The van der Waals surface area contributed by atoms with Crippen molar-refractivity contribution in [2.75, 3.05) is 20.6 Å². The zero-order valence-corrected chi connectivity index (χ0v) is 35.3. The number of Topliss-reactive ketones (excluding diaryl/α,β-unsaturated/α-hetero) is 2. The Morgan fingerprint density at radius 2 is 0.620 bits per heavy atom. The van der Waals surface area contributed by atoms with Crippen LogP contribution in [0.3, 0.4) is 0 Å². The minimum atomic E-state index is 0.487. The van der Waals surface area contributed by atoms with Gasteiger partial charge in [-0.3, -0.25) is 9.59 Å². The molecule has 0 aromatic carbocycles. The molecule has 0 saturated heterocycles. The Morgan fingerprint density at radius 1 is 0.360 bits per heavy atom. The van der Waals surface area contributed by atoms with Gasteiger partial charge in [-0.1, -0.05) is 220 Å². The first kappa shape index (κ1) is 49.3. The summed E-state index contributed by atoms with van der Waals surface area (Å²) in [6.07, 6.45) is 46.7. The minimum absolute atomic E-state index is 0.487. The maximum absolute atomic E-state index is 13.1. The van der Waals surface area contributed by atoms with Crippen molar-refractivity contribution in [1.82, 2.24) is 4.90 Å². The van der Waals surface area contributed by atoms with Crippen molar-refractivity contribution < 1.29 is 9.59 Å². The Bertz CT molecular complexity index is 683. The molecule has 0 N–H and O–H groups in total. The Kier molecular flexibility index (Phi) is 39.0. The number of ketones is 2. The SMILES string of the molecule is CCCCCCCCCCC(CCCCCCCCCC)CC(=O)CCCCCCCC(CCCCCCCCC)CC(=O)CCCN(C)C. The van der Waals surface area contributed by atoms with Crippen molar-refractivity contribution in [3.05, 3.63) is 0 Å².